The van der Waals surface area contributed by atoms with Crippen LogP contribution < -0.4 is 21.3 Å². The zero-order valence-electron chi connectivity index (χ0n) is 23.4. The molecule has 1 aliphatic carbocycles. The molecule has 41 heavy (non-hydrogen) atoms. The molecule has 0 aliphatic heterocycles. The summed E-state index contributed by atoms with van der Waals surface area (Å²) in [6.07, 6.45) is 6.40. The molecule has 10 nitrogen and oxygen atoms in total. The van der Waals surface area contributed by atoms with Crippen molar-refractivity contribution in [2.24, 2.45) is 5.92 Å². The fourth-order valence-corrected chi connectivity index (χ4v) is 4.63. The molecule has 11 heteroatoms. The molecule has 1 aromatic heterocycles. The monoisotopic (exact) mass is 581 g/mol. The van der Waals surface area contributed by atoms with Crippen LogP contribution in [0.15, 0.2) is 54.6 Å². The van der Waals surface area contributed by atoms with Crippen molar-refractivity contribution >= 4 is 35.4 Å². The van der Waals surface area contributed by atoms with Gasteiger partial charge in [-0.15, -0.1) is 0 Å². The van der Waals surface area contributed by atoms with Gasteiger partial charge in [0.05, 0.1) is 26.4 Å². The highest BCUT2D eigenvalue weighted by Gasteiger charge is 2.14. The van der Waals surface area contributed by atoms with Crippen LogP contribution in [0.2, 0.25) is 5.02 Å². The van der Waals surface area contributed by atoms with Crippen molar-refractivity contribution in [3.63, 3.8) is 0 Å². The summed E-state index contributed by atoms with van der Waals surface area (Å²) in [5, 5.41) is 13.5. The highest BCUT2D eigenvalue weighted by molar-refractivity contribution is 6.30. The van der Waals surface area contributed by atoms with E-state index in [4.69, 9.17) is 21.1 Å². The number of amides is 1. The van der Waals surface area contributed by atoms with Crippen LogP contribution in [0.3, 0.4) is 0 Å². The summed E-state index contributed by atoms with van der Waals surface area (Å²) in [6.45, 7) is 4.21. The van der Waals surface area contributed by atoms with Crippen molar-refractivity contribution in [3.8, 4) is 0 Å². The van der Waals surface area contributed by atoms with Crippen molar-refractivity contribution in [1.82, 2.24) is 20.3 Å². The van der Waals surface area contributed by atoms with Gasteiger partial charge >= 0.3 is 0 Å². The Labute approximate surface area is 247 Å². The van der Waals surface area contributed by atoms with Gasteiger partial charge < -0.3 is 30.7 Å². The summed E-state index contributed by atoms with van der Waals surface area (Å²) >= 11 is 6.01. The van der Waals surface area contributed by atoms with Crippen LogP contribution in [-0.2, 0) is 16.0 Å². The molecular weight excluding hydrogens is 542 g/mol. The van der Waals surface area contributed by atoms with Gasteiger partial charge in [-0.3, -0.25) is 4.79 Å². The second-order valence-electron chi connectivity index (χ2n) is 9.94. The molecular formula is C30H40ClN7O3. The lowest BCUT2D eigenvalue weighted by Gasteiger charge is -2.21. The summed E-state index contributed by atoms with van der Waals surface area (Å²) in [6, 6.07) is 16.8. The lowest BCUT2D eigenvalue weighted by molar-refractivity contribution is 0.0519. The van der Waals surface area contributed by atoms with Gasteiger partial charge in [-0.2, -0.15) is 15.0 Å². The topological polar surface area (TPSA) is 122 Å². The van der Waals surface area contributed by atoms with Crippen molar-refractivity contribution in [2.45, 2.75) is 38.6 Å². The molecule has 4 N–H and O–H groups in total. The predicted octanol–water partition coefficient (Wildman–Crippen LogP) is 5.00. The van der Waals surface area contributed by atoms with Crippen LogP contribution in [0.1, 0.15) is 48.0 Å². The van der Waals surface area contributed by atoms with Crippen molar-refractivity contribution in [1.29, 1.82) is 0 Å². The third-order valence-electron chi connectivity index (χ3n) is 6.74. The Kier molecular flexibility index (Phi) is 12.9. The maximum Gasteiger partial charge on any atom is 0.251 e. The molecule has 0 atom stereocenters. The minimum Gasteiger partial charge on any atom is -0.377 e. The van der Waals surface area contributed by atoms with Gasteiger partial charge in [0.15, 0.2) is 0 Å². The number of carbonyl (C=O) groups excluding carboxylic acids is 1. The van der Waals surface area contributed by atoms with Crippen LogP contribution in [0.25, 0.3) is 0 Å². The molecule has 0 spiro atoms. The number of hydrogen-bond donors (Lipinski definition) is 4. The molecule has 0 saturated heterocycles. The lowest BCUT2D eigenvalue weighted by Crippen LogP contribution is -2.27. The molecule has 3 aromatic rings. The van der Waals surface area contributed by atoms with Crippen LogP contribution >= 0.6 is 11.6 Å². The molecule has 0 radical (unpaired) electrons. The van der Waals surface area contributed by atoms with E-state index in [1.54, 1.807) is 12.1 Å². The second kappa shape index (κ2) is 17.4. The number of nitrogens with one attached hydrogen (secondary N) is 4. The maximum absolute atomic E-state index is 12.0. The van der Waals surface area contributed by atoms with Crippen LogP contribution in [0, 0.1) is 5.92 Å². The minimum absolute atomic E-state index is 0.106. The average molecular weight is 582 g/mol. The number of aromatic nitrogens is 3. The Morgan fingerprint density at radius 3 is 2.10 bits per heavy atom. The second-order valence-corrected chi connectivity index (χ2v) is 10.4. The molecule has 1 saturated carbocycles. The fraction of sp³-hybridized carbons (Fsp3) is 0.467. The van der Waals surface area contributed by atoms with E-state index in [1.807, 2.05) is 42.5 Å². The largest absolute Gasteiger partial charge is 0.377 e. The summed E-state index contributed by atoms with van der Waals surface area (Å²) in [7, 11) is 0. The number of hydrogen-bond acceptors (Lipinski definition) is 9. The fourth-order valence-electron chi connectivity index (χ4n) is 4.51. The SMILES string of the molecule is O=C(NCCOCCOCCNc1nc(NCc2ccc(Cl)cc2)nc(NCC2CCCCC2)n1)c1ccccc1. The number of nitrogens with zero attached hydrogens (tertiary/aromatic N) is 3. The van der Waals surface area contributed by atoms with E-state index in [0.29, 0.717) is 80.4 Å². The first-order valence-corrected chi connectivity index (χ1v) is 14.7. The highest BCUT2D eigenvalue weighted by atomic mass is 35.5. The normalized spacial score (nSPS) is 13.5. The van der Waals surface area contributed by atoms with Gasteiger partial charge in [0, 0.05) is 36.8 Å². The van der Waals surface area contributed by atoms with Crippen molar-refractivity contribution in [3.05, 3.63) is 70.7 Å². The molecule has 4 rings (SSSR count). The molecule has 0 bridgehead atoms. The molecule has 1 aliphatic rings. The van der Waals surface area contributed by atoms with Gasteiger partial charge in [-0.25, -0.2) is 0 Å². The number of benzene rings is 2. The van der Waals surface area contributed by atoms with Gasteiger partial charge in [0.25, 0.3) is 5.91 Å². The Bertz CT molecular complexity index is 1180. The van der Waals surface area contributed by atoms with Crippen LogP contribution in [0.4, 0.5) is 17.8 Å². The van der Waals surface area contributed by atoms with Crippen LogP contribution in [-0.4, -0.2) is 66.9 Å². The number of anilines is 3. The summed E-state index contributed by atoms with van der Waals surface area (Å²) in [5.74, 6) is 2.08. The molecule has 220 valence electrons. The zero-order chi connectivity index (χ0) is 28.5. The molecule has 1 heterocycles. The van der Waals surface area contributed by atoms with Crippen molar-refractivity contribution in [2.75, 3.05) is 62.0 Å². The number of halogens is 1. The number of ether oxygens (including phenoxy) is 2. The molecule has 1 fully saturated rings. The van der Waals surface area contributed by atoms with E-state index >= 15 is 0 Å². The highest BCUT2D eigenvalue weighted by Crippen LogP contribution is 2.24. The Hall–Kier alpha value is -3.47. The molecule has 1 amide bonds. The summed E-state index contributed by atoms with van der Waals surface area (Å²) in [4.78, 5) is 25.7. The first-order chi connectivity index (χ1) is 20.2. The van der Waals surface area contributed by atoms with Crippen LogP contribution in [0.5, 0.6) is 0 Å². The Morgan fingerprint density at radius 2 is 1.39 bits per heavy atom. The zero-order valence-corrected chi connectivity index (χ0v) is 24.2. The van der Waals surface area contributed by atoms with E-state index in [2.05, 4.69) is 36.2 Å². The standard InChI is InChI=1S/C30H40ClN7O3/c31-26-13-11-24(12-14-26)22-35-30-37-28(36-29(38-30)34-21-23-7-3-1-4-8-23)33-16-18-41-20-19-40-17-15-32-27(39)25-9-5-2-6-10-25/h2,5-6,9-14,23H,1,3-4,7-8,15-22H2,(H,32,39)(H3,33,34,35,36,37,38). The first kappa shape index (κ1) is 30.5. The van der Waals surface area contributed by atoms with E-state index in [1.165, 1.54) is 32.1 Å². The third-order valence-corrected chi connectivity index (χ3v) is 6.99. The van der Waals surface area contributed by atoms with Gasteiger partial charge in [-0.1, -0.05) is 61.2 Å². The molecule has 0 unspecified atom stereocenters. The maximum atomic E-state index is 12.0. The smallest absolute Gasteiger partial charge is 0.251 e. The average Bonchev–Trinajstić information content (AvgIpc) is 3.01. The van der Waals surface area contributed by atoms with Gasteiger partial charge in [0.1, 0.15) is 0 Å². The van der Waals surface area contributed by atoms with Crippen molar-refractivity contribution < 1.29 is 14.3 Å². The first-order valence-electron chi connectivity index (χ1n) is 14.4. The molecule has 2 aromatic carbocycles. The van der Waals surface area contributed by atoms with E-state index in [0.717, 1.165) is 12.1 Å². The predicted molar refractivity (Wildman–Crippen MR) is 163 cm³/mol. The minimum atomic E-state index is -0.106. The summed E-state index contributed by atoms with van der Waals surface area (Å²) in [5.41, 5.74) is 1.72. The lowest BCUT2D eigenvalue weighted by atomic mass is 9.89. The van der Waals surface area contributed by atoms with E-state index in [9.17, 15) is 4.79 Å². The quantitative estimate of drug-likeness (QED) is 0.163. The van der Waals surface area contributed by atoms with E-state index < -0.39 is 0 Å². The van der Waals surface area contributed by atoms with E-state index in [-0.39, 0.29) is 5.91 Å². The number of rotatable bonds is 17. The Balaban J connectivity index is 1.15. The number of carbonyl (C=O) groups is 1. The third kappa shape index (κ3) is 11.5. The van der Waals surface area contributed by atoms with Gasteiger partial charge in [0.2, 0.25) is 17.8 Å². The summed E-state index contributed by atoms with van der Waals surface area (Å²) < 4.78 is 11.2. The van der Waals surface area contributed by atoms with Gasteiger partial charge in [-0.05, 0) is 48.6 Å². The Morgan fingerprint density at radius 1 is 0.756 bits per heavy atom.